The number of carbonyl (C=O) groups is 2. The zero-order valence-corrected chi connectivity index (χ0v) is 23.1. The predicted molar refractivity (Wildman–Crippen MR) is 147 cm³/mol. The molecule has 0 aliphatic heterocycles. The second-order valence-corrected chi connectivity index (χ2v) is 11.2. The largest absolute Gasteiger partial charge is 0.443 e. The van der Waals surface area contributed by atoms with Gasteiger partial charge in [-0.1, -0.05) is 0 Å². The second kappa shape index (κ2) is 10.9. The highest BCUT2D eigenvalue weighted by atomic mass is 16.6. The van der Waals surface area contributed by atoms with Crippen molar-refractivity contribution in [2.24, 2.45) is 0 Å². The van der Waals surface area contributed by atoms with Crippen molar-refractivity contribution < 1.29 is 24.2 Å². The summed E-state index contributed by atoms with van der Waals surface area (Å²) in [6.07, 6.45) is 5.51. The van der Waals surface area contributed by atoms with Crippen LogP contribution in [0.15, 0.2) is 35.4 Å². The molecule has 2 amide bonds. The molecule has 0 aromatic carbocycles. The Hall–Kier alpha value is -3.97. The van der Waals surface area contributed by atoms with Gasteiger partial charge in [-0.15, -0.1) is 0 Å². The molecule has 3 aromatic rings. The molecule has 2 aliphatic carbocycles. The Morgan fingerprint density at radius 2 is 2.00 bits per heavy atom. The fourth-order valence-corrected chi connectivity index (χ4v) is 4.23. The maximum absolute atomic E-state index is 13.2. The van der Waals surface area contributed by atoms with Crippen LogP contribution in [-0.4, -0.2) is 73.8 Å². The van der Waals surface area contributed by atoms with Gasteiger partial charge in [-0.25, -0.2) is 9.78 Å². The molecule has 0 bridgehead atoms. The number of amides is 2. The van der Waals surface area contributed by atoms with E-state index in [-0.39, 0.29) is 40.1 Å². The molecule has 3 N–H and O–H groups in total. The van der Waals surface area contributed by atoms with Crippen LogP contribution >= 0.6 is 0 Å². The lowest BCUT2D eigenvalue weighted by molar-refractivity contribution is 0.0448. The molecule has 2 aliphatic rings. The van der Waals surface area contributed by atoms with Crippen LogP contribution < -0.4 is 21.1 Å². The topological polar surface area (TPSA) is 152 Å². The number of carbonyl (C=O) groups excluding carboxylic acids is 2. The molecule has 2 saturated carbocycles. The van der Waals surface area contributed by atoms with Crippen LogP contribution in [-0.2, 0) is 16.0 Å². The fourth-order valence-electron chi connectivity index (χ4n) is 4.23. The third-order valence-corrected chi connectivity index (χ3v) is 6.76. The Morgan fingerprint density at radius 3 is 2.65 bits per heavy atom. The number of nitrogens with zero attached hydrogens (tertiary/aromatic N) is 5. The number of pyridine rings is 1. The summed E-state index contributed by atoms with van der Waals surface area (Å²) in [6, 6.07) is 4.58. The van der Waals surface area contributed by atoms with E-state index in [9.17, 15) is 19.5 Å². The van der Waals surface area contributed by atoms with E-state index < -0.39 is 23.7 Å². The van der Waals surface area contributed by atoms with E-state index in [1.165, 1.54) is 22.7 Å². The minimum atomic E-state index is -0.740. The normalized spacial score (nSPS) is 18.7. The molecule has 5 rings (SSSR count). The average Bonchev–Trinajstić information content (AvgIpc) is 3.62. The van der Waals surface area contributed by atoms with Gasteiger partial charge in [0.25, 0.3) is 11.5 Å². The highest BCUT2D eigenvalue weighted by Crippen LogP contribution is 2.26. The molecule has 13 nitrogen and oxygen atoms in total. The third-order valence-electron chi connectivity index (χ3n) is 6.76. The van der Waals surface area contributed by atoms with Crippen LogP contribution in [0.25, 0.3) is 5.65 Å². The van der Waals surface area contributed by atoms with E-state index in [2.05, 4.69) is 20.7 Å². The minimum Gasteiger partial charge on any atom is -0.443 e. The molecule has 13 heteroatoms. The lowest BCUT2D eigenvalue weighted by Gasteiger charge is -2.32. The summed E-state index contributed by atoms with van der Waals surface area (Å²) in [5.41, 5.74) is -0.425. The van der Waals surface area contributed by atoms with E-state index >= 15 is 0 Å². The monoisotopic (exact) mass is 553 g/mol. The zero-order valence-electron chi connectivity index (χ0n) is 23.1. The number of rotatable bonds is 9. The van der Waals surface area contributed by atoms with Gasteiger partial charge >= 0.3 is 6.09 Å². The Bertz CT molecular complexity index is 1470. The molecule has 0 spiro atoms. The van der Waals surface area contributed by atoms with Crippen LogP contribution in [0.5, 0.6) is 0 Å². The number of anilines is 3. The molecule has 2 fully saturated rings. The SMILES string of the molecule is CN(C(=O)OC(C)(C)C)c1cc(Nc2cccn(CCOC3CC3)c2=O)nc2c(C(=O)N[C@@H]3CC[C@H]3O)cnn12. The Morgan fingerprint density at radius 1 is 1.23 bits per heavy atom. The van der Waals surface area contributed by atoms with Crippen LogP contribution in [0.4, 0.5) is 22.1 Å². The van der Waals surface area contributed by atoms with E-state index in [1.807, 2.05) is 0 Å². The third kappa shape index (κ3) is 6.10. The standard InChI is InChI=1S/C27H35N7O6/c1-27(2,3)40-26(38)32(4)22-14-21(29-19-6-5-11-33(25(19)37)12-13-39-16-7-8-16)31-23-17(15-28-34(22)23)24(36)30-18-9-10-20(18)35/h5-6,11,14-16,18,20,35H,7-10,12-13H2,1-4H3,(H,29,31)(H,30,36)/t18-,20-/m1/s1. The fraction of sp³-hybridized carbons (Fsp3) is 0.519. The Kier molecular flexibility index (Phi) is 7.51. The summed E-state index contributed by atoms with van der Waals surface area (Å²) in [4.78, 5) is 45.0. The van der Waals surface area contributed by atoms with Gasteiger partial charge in [-0.05, 0) is 58.6 Å². The van der Waals surface area contributed by atoms with Gasteiger partial charge in [0.05, 0.1) is 31.1 Å². The van der Waals surface area contributed by atoms with Crippen LogP contribution in [0, 0.1) is 0 Å². The van der Waals surface area contributed by atoms with Crippen molar-refractivity contribution in [2.75, 3.05) is 23.9 Å². The van der Waals surface area contributed by atoms with Crippen molar-refractivity contribution in [1.82, 2.24) is 24.5 Å². The molecular weight excluding hydrogens is 518 g/mol. The maximum atomic E-state index is 13.2. The Balaban J connectivity index is 1.48. The number of fused-ring (bicyclic) bond motifs is 1. The highest BCUT2D eigenvalue weighted by Gasteiger charge is 2.32. The zero-order chi connectivity index (χ0) is 28.6. The summed E-state index contributed by atoms with van der Waals surface area (Å²) in [7, 11) is 1.52. The lowest BCUT2D eigenvalue weighted by atomic mass is 9.89. The first-order valence-electron chi connectivity index (χ1n) is 13.4. The summed E-state index contributed by atoms with van der Waals surface area (Å²) >= 11 is 0. The van der Waals surface area contributed by atoms with Crippen molar-refractivity contribution in [2.45, 2.75) is 76.9 Å². The first kappa shape index (κ1) is 27.6. The van der Waals surface area contributed by atoms with E-state index in [0.717, 1.165) is 12.8 Å². The minimum absolute atomic E-state index is 0.157. The number of hydrogen-bond donors (Lipinski definition) is 3. The summed E-state index contributed by atoms with van der Waals surface area (Å²) < 4.78 is 14.1. The summed E-state index contributed by atoms with van der Waals surface area (Å²) in [6.45, 7) is 6.12. The number of aliphatic hydroxyl groups excluding tert-OH is 1. The van der Waals surface area contributed by atoms with Crippen LogP contribution in [0.2, 0.25) is 0 Å². The first-order chi connectivity index (χ1) is 19.0. The average molecular weight is 554 g/mol. The van der Waals surface area contributed by atoms with E-state index in [1.54, 1.807) is 49.7 Å². The van der Waals surface area contributed by atoms with Gasteiger partial charge < -0.3 is 29.8 Å². The van der Waals surface area contributed by atoms with Crippen molar-refractivity contribution in [3.8, 4) is 0 Å². The highest BCUT2D eigenvalue weighted by molar-refractivity contribution is 6.00. The molecule has 214 valence electrons. The van der Waals surface area contributed by atoms with Crippen molar-refractivity contribution >= 4 is 35.0 Å². The number of hydrogen-bond acceptors (Lipinski definition) is 9. The van der Waals surface area contributed by atoms with Crippen molar-refractivity contribution in [3.63, 3.8) is 0 Å². The quantitative estimate of drug-likeness (QED) is 0.363. The molecule has 0 radical (unpaired) electrons. The number of aliphatic hydroxyl groups is 1. The molecule has 0 unspecified atom stereocenters. The van der Waals surface area contributed by atoms with E-state index in [0.29, 0.717) is 32.1 Å². The second-order valence-electron chi connectivity index (χ2n) is 11.2. The van der Waals surface area contributed by atoms with E-state index in [4.69, 9.17) is 9.47 Å². The van der Waals surface area contributed by atoms with Crippen molar-refractivity contribution in [3.05, 3.63) is 46.5 Å². The number of nitrogens with one attached hydrogen (secondary N) is 2. The molecular formula is C27H35N7O6. The first-order valence-corrected chi connectivity index (χ1v) is 13.4. The predicted octanol–water partition coefficient (Wildman–Crippen LogP) is 2.44. The van der Waals surface area contributed by atoms with Gasteiger partial charge in [0.15, 0.2) is 5.65 Å². The lowest BCUT2D eigenvalue weighted by Crippen LogP contribution is -2.50. The molecule has 0 saturated heterocycles. The number of ether oxygens (including phenoxy) is 2. The molecule has 2 atom stereocenters. The van der Waals surface area contributed by atoms with Gasteiger partial charge in [0, 0.05) is 25.9 Å². The van der Waals surface area contributed by atoms with Gasteiger partial charge in [-0.3, -0.25) is 14.5 Å². The summed E-state index contributed by atoms with van der Waals surface area (Å²) in [5, 5.41) is 20.1. The van der Waals surface area contributed by atoms with Gasteiger partial charge in [-0.2, -0.15) is 9.61 Å². The Labute approximate surface area is 231 Å². The van der Waals surface area contributed by atoms with Gasteiger partial charge in [0.1, 0.15) is 28.5 Å². The maximum Gasteiger partial charge on any atom is 0.415 e. The molecule has 3 heterocycles. The summed E-state index contributed by atoms with van der Waals surface area (Å²) in [5.74, 6) is 0.0331. The number of aromatic nitrogens is 4. The smallest absolute Gasteiger partial charge is 0.415 e. The van der Waals surface area contributed by atoms with Crippen LogP contribution in [0.1, 0.15) is 56.8 Å². The van der Waals surface area contributed by atoms with Gasteiger partial charge in [0.2, 0.25) is 0 Å². The molecule has 3 aromatic heterocycles. The van der Waals surface area contributed by atoms with Crippen LogP contribution in [0.3, 0.4) is 0 Å². The molecule has 40 heavy (non-hydrogen) atoms. The van der Waals surface area contributed by atoms with Crippen molar-refractivity contribution in [1.29, 1.82) is 0 Å².